The first-order valence-corrected chi connectivity index (χ1v) is 3.74. The lowest BCUT2D eigenvalue weighted by atomic mass is 9.95. The van der Waals surface area contributed by atoms with Crippen LogP contribution < -0.4 is 11.1 Å². The number of nitrogens with one attached hydrogen (secondary N) is 2. The molecular formula is C7H13N2O. The van der Waals surface area contributed by atoms with Gasteiger partial charge in [0.15, 0.2) is 0 Å². The Hall–Kier alpha value is -0.570. The van der Waals surface area contributed by atoms with Crippen LogP contribution in [0.3, 0.4) is 0 Å². The van der Waals surface area contributed by atoms with Gasteiger partial charge in [0.05, 0.1) is 0 Å². The summed E-state index contributed by atoms with van der Waals surface area (Å²) < 4.78 is 0. The lowest BCUT2D eigenvalue weighted by Gasteiger charge is -2.20. The Labute approximate surface area is 61.0 Å². The molecule has 0 atom stereocenters. The highest BCUT2D eigenvalue weighted by atomic mass is 16.1. The minimum atomic E-state index is -0.410. The molecule has 1 fully saturated rings. The molecule has 0 aromatic rings. The lowest BCUT2D eigenvalue weighted by molar-refractivity contribution is -0.119. The third-order valence-electron chi connectivity index (χ3n) is 1.93. The van der Waals surface area contributed by atoms with Crippen LogP contribution in [-0.4, -0.2) is 19.0 Å². The van der Waals surface area contributed by atoms with Gasteiger partial charge in [-0.15, -0.1) is 0 Å². The number of carbonyl (C=O) groups excluding carboxylic acids is 1. The summed E-state index contributed by atoms with van der Waals surface area (Å²) >= 11 is 0. The van der Waals surface area contributed by atoms with E-state index in [1.807, 2.05) is 0 Å². The molecule has 2 N–H and O–H groups in total. The third kappa shape index (κ3) is 2.35. The van der Waals surface area contributed by atoms with Gasteiger partial charge in [-0.25, -0.2) is 0 Å². The highest BCUT2D eigenvalue weighted by molar-refractivity contribution is 5.73. The Kier molecular flexibility index (Phi) is 2.68. The van der Waals surface area contributed by atoms with Crippen LogP contribution >= 0.6 is 0 Å². The molecule has 1 radical (unpaired) electrons. The Morgan fingerprint density at radius 3 is 2.60 bits per heavy atom. The fourth-order valence-corrected chi connectivity index (χ4v) is 1.35. The first-order valence-electron chi connectivity index (χ1n) is 3.74. The third-order valence-corrected chi connectivity index (χ3v) is 1.93. The maximum absolute atomic E-state index is 10.4. The fraction of sp³-hybridized carbons (Fsp3) is 0.857. The molecule has 0 spiro atoms. The van der Waals surface area contributed by atoms with Crippen molar-refractivity contribution in [3.63, 3.8) is 0 Å². The van der Waals surface area contributed by atoms with Gasteiger partial charge in [-0.1, -0.05) is 0 Å². The summed E-state index contributed by atoms with van der Waals surface area (Å²) in [7, 11) is 0. The molecule has 1 amide bonds. The minimum Gasteiger partial charge on any atom is -0.317 e. The van der Waals surface area contributed by atoms with Crippen LogP contribution in [-0.2, 0) is 4.79 Å². The van der Waals surface area contributed by atoms with Crippen molar-refractivity contribution in [2.24, 2.45) is 5.92 Å². The van der Waals surface area contributed by atoms with Gasteiger partial charge in [0.1, 0.15) is 0 Å². The first-order chi connectivity index (χ1) is 4.79. The van der Waals surface area contributed by atoms with Gasteiger partial charge >= 0.3 is 0 Å². The largest absolute Gasteiger partial charge is 0.317 e. The zero-order valence-corrected chi connectivity index (χ0v) is 6.02. The molecule has 3 heteroatoms. The van der Waals surface area contributed by atoms with Crippen molar-refractivity contribution in [3.8, 4) is 0 Å². The Morgan fingerprint density at radius 1 is 1.50 bits per heavy atom. The summed E-state index contributed by atoms with van der Waals surface area (Å²) in [6, 6.07) is 0. The molecule has 1 saturated heterocycles. The van der Waals surface area contributed by atoms with Crippen LogP contribution in [0.5, 0.6) is 0 Å². The lowest BCUT2D eigenvalue weighted by Crippen LogP contribution is -2.28. The van der Waals surface area contributed by atoms with E-state index in [0.717, 1.165) is 25.9 Å². The minimum absolute atomic E-state index is 0.410. The average molecular weight is 141 g/mol. The Morgan fingerprint density at radius 2 is 2.10 bits per heavy atom. The zero-order chi connectivity index (χ0) is 7.40. The molecule has 1 aliphatic heterocycles. The van der Waals surface area contributed by atoms with Gasteiger partial charge in [0.2, 0.25) is 5.91 Å². The summed E-state index contributed by atoms with van der Waals surface area (Å²) in [6.45, 7) is 2.02. The van der Waals surface area contributed by atoms with Gasteiger partial charge < -0.3 is 5.32 Å². The van der Waals surface area contributed by atoms with E-state index in [1.54, 1.807) is 0 Å². The highest BCUT2D eigenvalue weighted by Crippen LogP contribution is 2.14. The standard InChI is InChI=1S/C7H13N2O/c8-7(10)5-6-1-3-9-4-2-6/h6,8-9H,1-5H2. The van der Waals surface area contributed by atoms with E-state index < -0.39 is 5.91 Å². The van der Waals surface area contributed by atoms with E-state index in [-0.39, 0.29) is 0 Å². The van der Waals surface area contributed by atoms with Gasteiger partial charge in [-0.05, 0) is 31.8 Å². The van der Waals surface area contributed by atoms with Gasteiger partial charge in [-0.2, -0.15) is 0 Å². The monoisotopic (exact) mass is 141 g/mol. The molecule has 1 rings (SSSR count). The predicted molar refractivity (Wildman–Crippen MR) is 38.3 cm³/mol. The molecule has 1 heterocycles. The molecule has 0 aromatic heterocycles. The van der Waals surface area contributed by atoms with Crippen LogP contribution in [0.15, 0.2) is 0 Å². The second-order valence-corrected chi connectivity index (χ2v) is 2.82. The van der Waals surface area contributed by atoms with Crippen LogP contribution in [0.4, 0.5) is 0 Å². The maximum atomic E-state index is 10.4. The number of rotatable bonds is 2. The van der Waals surface area contributed by atoms with Crippen LogP contribution in [0, 0.1) is 5.92 Å². The number of hydrogen-bond acceptors (Lipinski definition) is 2. The van der Waals surface area contributed by atoms with E-state index in [0.29, 0.717) is 12.3 Å². The van der Waals surface area contributed by atoms with Crippen molar-refractivity contribution in [1.29, 1.82) is 0 Å². The molecule has 0 bridgehead atoms. The van der Waals surface area contributed by atoms with E-state index >= 15 is 0 Å². The van der Waals surface area contributed by atoms with Crippen molar-refractivity contribution < 1.29 is 4.79 Å². The molecule has 57 valence electrons. The molecule has 0 saturated carbocycles. The quantitative estimate of drug-likeness (QED) is 0.596. The summed E-state index contributed by atoms with van der Waals surface area (Å²) in [4.78, 5) is 10.4. The van der Waals surface area contributed by atoms with Crippen molar-refractivity contribution in [2.45, 2.75) is 19.3 Å². The van der Waals surface area contributed by atoms with E-state index in [4.69, 9.17) is 5.73 Å². The summed E-state index contributed by atoms with van der Waals surface area (Å²) in [5, 5.41) is 3.22. The summed E-state index contributed by atoms with van der Waals surface area (Å²) in [5.74, 6) is 0.0677. The Balaban J connectivity index is 2.19. The second kappa shape index (κ2) is 3.56. The first kappa shape index (κ1) is 7.54. The Bertz CT molecular complexity index is 119. The van der Waals surface area contributed by atoms with Crippen molar-refractivity contribution >= 4 is 5.91 Å². The van der Waals surface area contributed by atoms with Gasteiger partial charge in [0, 0.05) is 6.42 Å². The van der Waals surface area contributed by atoms with E-state index in [2.05, 4.69) is 5.32 Å². The van der Waals surface area contributed by atoms with Crippen LogP contribution in [0.1, 0.15) is 19.3 Å². The second-order valence-electron chi connectivity index (χ2n) is 2.82. The topological polar surface area (TPSA) is 52.9 Å². The number of amides is 1. The smallest absolute Gasteiger partial charge is 0.238 e. The molecule has 10 heavy (non-hydrogen) atoms. The molecule has 0 aromatic carbocycles. The maximum Gasteiger partial charge on any atom is 0.238 e. The molecule has 0 aliphatic carbocycles. The fourth-order valence-electron chi connectivity index (χ4n) is 1.35. The van der Waals surface area contributed by atoms with Crippen LogP contribution in [0.25, 0.3) is 0 Å². The SMILES string of the molecule is [NH]C(=O)CC1CCNCC1. The predicted octanol–water partition coefficient (Wildman–Crippen LogP) is 0.186. The van der Waals surface area contributed by atoms with E-state index in [1.165, 1.54) is 0 Å². The number of piperidine rings is 1. The zero-order valence-electron chi connectivity index (χ0n) is 6.02. The van der Waals surface area contributed by atoms with Crippen molar-refractivity contribution in [2.75, 3.05) is 13.1 Å². The molecule has 3 nitrogen and oxygen atoms in total. The van der Waals surface area contributed by atoms with Gasteiger partial charge in [0.25, 0.3) is 0 Å². The molecule has 1 aliphatic rings. The molecule has 0 unspecified atom stereocenters. The summed E-state index contributed by atoms with van der Waals surface area (Å²) in [5.41, 5.74) is 6.75. The highest BCUT2D eigenvalue weighted by Gasteiger charge is 2.14. The van der Waals surface area contributed by atoms with Crippen molar-refractivity contribution in [3.05, 3.63) is 0 Å². The van der Waals surface area contributed by atoms with Crippen LogP contribution in [0.2, 0.25) is 0 Å². The van der Waals surface area contributed by atoms with Crippen molar-refractivity contribution in [1.82, 2.24) is 11.1 Å². The normalized spacial score (nSPS) is 20.8. The summed E-state index contributed by atoms with van der Waals surface area (Å²) in [6.07, 6.45) is 2.58. The van der Waals surface area contributed by atoms with E-state index in [9.17, 15) is 4.79 Å². The van der Waals surface area contributed by atoms with Gasteiger partial charge in [-0.3, -0.25) is 10.5 Å². The molecular weight excluding hydrogens is 128 g/mol. The average Bonchev–Trinajstić information content (AvgIpc) is 1.88. The number of carbonyl (C=O) groups is 1. The number of hydrogen-bond donors (Lipinski definition) is 1.